The molecule has 0 radical (unpaired) electrons. The van der Waals surface area contributed by atoms with Gasteiger partial charge in [0.2, 0.25) is 11.8 Å². The number of benzene rings is 3. The van der Waals surface area contributed by atoms with Crippen molar-refractivity contribution in [3.63, 3.8) is 0 Å². The molecule has 0 aliphatic rings. The first kappa shape index (κ1) is 12.2. The van der Waals surface area contributed by atoms with Crippen molar-refractivity contribution in [2.24, 2.45) is 11.5 Å². The summed E-state index contributed by atoms with van der Waals surface area (Å²) in [5, 5.41) is 3.58. The van der Waals surface area contributed by atoms with Gasteiger partial charge in [0.25, 0.3) is 0 Å². The fourth-order valence-electron chi connectivity index (χ4n) is 2.56. The molecule has 3 aromatic carbocycles. The minimum Gasteiger partial charge on any atom is -0.366 e. The lowest BCUT2D eigenvalue weighted by Gasteiger charge is -2.10. The van der Waals surface area contributed by atoms with Crippen molar-refractivity contribution in [1.82, 2.24) is 0 Å². The third-order valence-electron chi connectivity index (χ3n) is 3.44. The highest BCUT2D eigenvalue weighted by Gasteiger charge is 2.17. The summed E-state index contributed by atoms with van der Waals surface area (Å²) in [5.41, 5.74) is 11.1. The zero-order valence-electron chi connectivity index (χ0n) is 10.6. The van der Waals surface area contributed by atoms with E-state index in [-0.39, 0.29) is 11.1 Å². The van der Waals surface area contributed by atoms with Crippen LogP contribution in [0.4, 0.5) is 0 Å². The highest BCUT2D eigenvalue weighted by atomic mass is 16.2. The van der Waals surface area contributed by atoms with Crippen LogP contribution in [0.2, 0.25) is 0 Å². The van der Waals surface area contributed by atoms with E-state index in [4.69, 9.17) is 11.5 Å². The zero-order valence-corrected chi connectivity index (χ0v) is 10.6. The molecule has 0 aromatic heterocycles. The van der Waals surface area contributed by atoms with E-state index in [1.165, 1.54) is 0 Å². The molecule has 2 amide bonds. The lowest BCUT2D eigenvalue weighted by molar-refractivity contribution is 0.0968. The smallest absolute Gasteiger partial charge is 0.250 e. The van der Waals surface area contributed by atoms with Crippen molar-refractivity contribution in [3.8, 4) is 0 Å². The summed E-state index contributed by atoms with van der Waals surface area (Å²) in [7, 11) is 0. The van der Waals surface area contributed by atoms with Crippen LogP contribution in [0, 0.1) is 0 Å². The van der Waals surface area contributed by atoms with Crippen LogP contribution in [0.25, 0.3) is 21.5 Å². The summed E-state index contributed by atoms with van der Waals surface area (Å²) < 4.78 is 0. The fourth-order valence-corrected chi connectivity index (χ4v) is 2.56. The van der Waals surface area contributed by atoms with Gasteiger partial charge in [-0.05, 0) is 27.6 Å². The molecule has 4 N–H and O–H groups in total. The van der Waals surface area contributed by atoms with Gasteiger partial charge >= 0.3 is 0 Å². The van der Waals surface area contributed by atoms with E-state index in [9.17, 15) is 9.59 Å². The first-order chi connectivity index (χ1) is 9.59. The Bertz CT molecular complexity index is 869. The molecule has 0 aliphatic carbocycles. The van der Waals surface area contributed by atoms with Crippen molar-refractivity contribution in [1.29, 1.82) is 0 Å². The highest BCUT2D eigenvalue weighted by Crippen LogP contribution is 2.29. The minimum absolute atomic E-state index is 0.153. The number of carbonyl (C=O) groups is 2. The molecule has 0 saturated carbocycles. The van der Waals surface area contributed by atoms with Crippen LogP contribution < -0.4 is 11.5 Å². The Hall–Kier alpha value is -2.88. The number of primary amides is 2. The molecule has 0 saturated heterocycles. The summed E-state index contributed by atoms with van der Waals surface area (Å²) >= 11 is 0. The van der Waals surface area contributed by atoms with Gasteiger partial charge in [0.1, 0.15) is 0 Å². The Morgan fingerprint density at radius 2 is 1.40 bits per heavy atom. The van der Waals surface area contributed by atoms with Crippen LogP contribution >= 0.6 is 0 Å². The Morgan fingerprint density at radius 3 is 2.10 bits per heavy atom. The lowest BCUT2D eigenvalue weighted by Crippen LogP contribution is -2.20. The summed E-state index contributed by atoms with van der Waals surface area (Å²) in [4.78, 5) is 23.1. The van der Waals surface area contributed by atoms with Gasteiger partial charge in [0, 0.05) is 0 Å². The van der Waals surface area contributed by atoms with Gasteiger partial charge in [-0.25, -0.2) is 0 Å². The Kier molecular flexibility index (Phi) is 2.64. The van der Waals surface area contributed by atoms with Crippen LogP contribution in [0.15, 0.2) is 48.5 Å². The number of hydrogen-bond donors (Lipinski definition) is 2. The van der Waals surface area contributed by atoms with Crippen LogP contribution in [0.5, 0.6) is 0 Å². The average Bonchev–Trinajstić information content (AvgIpc) is 2.45. The van der Waals surface area contributed by atoms with Gasteiger partial charge in [-0.15, -0.1) is 0 Å². The van der Waals surface area contributed by atoms with Crippen LogP contribution in [-0.4, -0.2) is 11.8 Å². The monoisotopic (exact) mass is 264 g/mol. The molecule has 3 aromatic rings. The molecule has 0 atom stereocenters. The van der Waals surface area contributed by atoms with Crippen molar-refractivity contribution < 1.29 is 9.59 Å². The summed E-state index contributed by atoms with van der Waals surface area (Å²) in [6.07, 6.45) is 0. The summed E-state index contributed by atoms with van der Waals surface area (Å²) in [6.45, 7) is 0. The fraction of sp³-hybridized carbons (Fsp3) is 0. The van der Waals surface area contributed by atoms with Gasteiger partial charge in [0.15, 0.2) is 0 Å². The third-order valence-corrected chi connectivity index (χ3v) is 3.44. The molecule has 98 valence electrons. The largest absolute Gasteiger partial charge is 0.366 e. The molecular weight excluding hydrogens is 252 g/mol. The number of fused-ring (bicyclic) bond motifs is 3. The Morgan fingerprint density at radius 1 is 0.700 bits per heavy atom. The molecule has 4 heteroatoms. The van der Waals surface area contributed by atoms with E-state index in [2.05, 4.69) is 0 Å². The normalized spacial score (nSPS) is 10.8. The zero-order chi connectivity index (χ0) is 14.3. The standard InChI is InChI=1S/C16H12N2O2/c17-15(19)13-8-7-11-10-4-2-1-3-9(10)5-6-12(11)14(13)16(18)20/h1-8H,(H2,17,19)(H2,18,20). The van der Waals surface area contributed by atoms with Crippen LogP contribution in [-0.2, 0) is 0 Å². The predicted octanol–water partition coefficient (Wildman–Crippen LogP) is 2.19. The molecule has 0 heterocycles. The van der Waals surface area contributed by atoms with E-state index in [0.29, 0.717) is 5.39 Å². The van der Waals surface area contributed by atoms with Crippen molar-refractivity contribution in [2.75, 3.05) is 0 Å². The van der Waals surface area contributed by atoms with Crippen molar-refractivity contribution in [3.05, 3.63) is 59.7 Å². The summed E-state index contributed by atoms with van der Waals surface area (Å²) in [6, 6.07) is 14.9. The van der Waals surface area contributed by atoms with E-state index in [1.54, 1.807) is 18.2 Å². The minimum atomic E-state index is -0.658. The molecule has 0 unspecified atom stereocenters. The van der Waals surface area contributed by atoms with Crippen LogP contribution in [0.3, 0.4) is 0 Å². The average molecular weight is 264 g/mol. The molecule has 0 bridgehead atoms. The second kappa shape index (κ2) is 4.35. The maximum atomic E-state index is 11.7. The number of nitrogens with two attached hydrogens (primary N) is 2. The van der Waals surface area contributed by atoms with Gasteiger partial charge in [-0.3, -0.25) is 9.59 Å². The van der Waals surface area contributed by atoms with E-state index in [1.807, 2.05) is 30.3 Å². The quantitative estimate of drug-likeness (QED) is 0.695. The Labute approximate surface area is 115 Å². The van der Waals surface area contributed by atoms with Gasteiger partial charge < -0.3 is 11.5 Å². The Balaban J connectivity index is 2.52. The van der Waals surface area contributed by atoms with Gasteiger partial charge in [0.05, 0.1) is 11.1 Å². The SMILES string of the molecule is NC(=O)c1ccc2c(ccc3ccccc32)c1C(N)=O. The molecule has 4 nitrogen and oxygen atoms in total. The van der Waals surface area contributed by atoms with Gasteiger partial charge in [-0.2, -0.15) is 0 Å². The van der Waals surface area contributed by atoms with Crippen molar-refractivity contribution in [2.45, 2.75) is 0 Å². The van der Waals surface area contributed by atoms with Gasteiger partial charge in [-0.1, -0.05) is 42.5 Å². The molecule has 20 heavy (non-hydrogen) atoms. The number of amides is 2. The summed E-state index contributed by atoms with van der Waals surface area (Å²) in [5.74, 6) is -1.31. The van der Waals surface area contributed by atoms with E-state index < -0.39 is 11.8 Å². The van der Waals surface area contributed by atoms with Crippen LogP contribution in [0.1, 0.15) is 20.7 Å². The maximum Gasteiger partial charge on any atom is 0.250 e. The highest BCUT2D eigenvalue weighted by molar-refractivity contribution is 6.19. The first-order valence-corrected chi connectivity index (χ1v) is 6.13. The van der Waals surface area contributed by atoms with E-state index in [0.717, 1.165) is 16.2 Å². The number of rotatable bonds is 2. The second-order valence-electron chi connectivity index (χ2n) is 4.60. The maximum absolute atomic E-state index is 11.7. The number of hydrogen-bond acceptors (Lipinski definition) is 2. The van der Waals surface area contributed by atoms with E-state index >= 15 is 0 Å². The molecule has 3 rings (SSSR count). The molecule has 0 spiro atoms. The number of carbonyl (C=O) groups excluding carboxylic acids is 2. The molecule has 0 aliphatic heterocycles. The van der Waals surface area contributed by atoms with Crippen molar-refractivity contribution >= 4 is 33.4 Å². The second-order valence-corrected chi connectivity index (χ2v) is 4.60. The molecule has 0 fully saturated rings. The molecular formula is C16H12N2O2. The predicted molar refractivity (Wildman–Crippen MR) is 78.5 cm³/mol. The first-order valence-electron chi connectivity index (χ1n) is 6.13. The third kappa shape index (κ3) is 1.70. The topological polar surface area (TPSA) is 86.2 Å². The lowest BCUT2D eigenvalue weighted by atomic mass is 9.94.